The molecule has 1 amide bonds. The molecule has 9 heteroatoms. The molecule has 0 aliphatic rings. The molecule has 1 atom stereocenters. The van der Waals surface area contributed by atoms with Crippen molar-refractivity contribution in [2.24, 2.45) is 5.73 Å². The zero-order valence-corrected chi connectivity index (χ0v) is 9.60. The van der Waals surface area contributed by atoms with Gasteiger partial charge in [0.2, 0.25) is 0 Å². The highest BCUT2D eigenvalue weighted by Crippen LogP contribution is 2.30. The molecule has 2 aromatic heterocycles. The molecule has 94 valence electrons. The molecule has 1 unspecified atom stereocenters. The first-order chi connectivity index (χ1) is 8.50. The number of nitrogens with zero attached hydrogens (tertiary/aromatic N) is 2. The fourth-order valence-electron chi connectivity index (χ4n) is 1.45. The van der Waals surface area contributed by atoms with Crippen molar-refractivity contribution in [3.8, 4) is 5.75 Å². The number of nitrogens with one attached hydrogen (secondary N) is 1. The second kappa shape index (κ2) is 4.55. The number of hydrogen-bond acceptors (Lipinski definition) is 6. The SMILES string of the molecule is NC(=O)c1nc(NS(=O)[O-])c2cccnc2c1O. The lowest BCUT2D eigenvalue weighted by Crippen LogP contribution is -2.15. The van der Waals surface area contributed by atoms with Crippen LogP contribution >= 0.6 is 0 Å². The van der Waals surface area contributed by atoms with E-state index in [4.69, 9.17) is 5.73 Å². The van der Waals surface area contributed by atoms with Crippen LogP contribution in [-0.2, 0) is 11.3 Å². The van der Waals surface area contributed by atoms with Gasteiger partial charge in [0.15, 0.2) is 11.4 Å². The Morgan fingerprint density at radius 2 is 2.28 bits per heavy atom. The van der Waals surface area contributed by atoms with Crippen LogP contribution in [0.4, 0.5) is 5.82 Å². The lowest BCUT2D eigenvalue weighted by Gasteiger charge is -2.12. The summed E-state index contributed by atoms with van der Waals surface area (Å²) in [5, 5.41) is 10.0. The number of primary amides is 1. The van der Waals surface area contributed by atoms with Crippen molar-refractivity contribution in [1.82, 2.24) is 9.97 Å². The van der Waals surface area contributed by atoms with Gasteiger partial charge in [-0.1, -0.05) is 0 Å². The van der Waals surface area contributed by atoms with Gasteiger partial charge in [0.1, 0.15) is 11.3 Å². The molecule has 8 nitrogen and oxygen atoms in total. The first kappa shape index (κ1) is 12.2. The van der Waals surface area contributed by atoms with Crippen LogP contribution in [-0.4, -0.2) is 29.7 Å². The average molecular weight is 267 g/mol. The van der Waals surface area contributed by atoms with E-state index in [-0.39, 0.29) is 16.7 Å². The number of pyridine rings is 2. The van der Waals surface area contributed by atoms with Crippen molar-refractivity contribution in [2.75, 3.05) is 4.72 Å². The maximum Gasteiger partial charge on any atom is 0.271 e. The first-order valence-electron chi connectivity index (χ1n) is 4.64. The molecular weight excluding hydrogens is 260 g/mol. The molecule has 4 N–H and O–H groups in total. The lowest BCUT2D eigenvalue weighted by atomic mass is 10.2. The van der Waals surface area contributed by atoms with Crippen molar-refractivity contribution < 1.29 is 18.7 Å². The number of rotatable bonds is 3. The van der Waals surface area contributed by atoms with E-state index >= 15 is 0 Å². The summed E-state index contributed by atoms with van der Waals surface area (Å²) in [6, 6.07) is 3.03. The van der Waals surface area contributed by atoms with E-state index in [1.807, 2.05) is 4.72 Å². The highest BCUT2D eigenvalue weighted by molar-refractivity contribution is 7.80. The van der Waals surface area contributed by atoms with Gasteiger partial charge in [0, 0.05) is 22.8 Å². The molecule has 2 aromatic rings. The molecule has 18 heavy (non-hydrogen) atoms. The zero-order valence-electron chi connectivity index (χ0n) is 8.78. The number of hydrogen-bond donors (Lipinski definition) is 3. The predicted octanol–water partition coefficient (Wildman–Crippen LogP) is -0.360. The molecule has 0 aliphatic heterocycles. The molecule has 0 fully saturated rings. The van der Waals surface area contributed by atoms with Crippen LogP contribution in [0.25, 0.3) is 10.9 Å². The smallest absolute Gasteiger partial charge is 0.271 e. The van der Waals surface area contributed by atoms with Crippen LogP contribution in [0.3, 0.4) is 0 Å². The second-order valence-electron chi connectivity index (χ2n) is 3.26. The van der Waals surface area contributed by atoms with Gasteiger partial charge in [-0.25, -0.2) is 4.98 Å². The average Bonchev–Trinajstić information content (AvgIpc) is 2.32. The van der Waals surface area contributed by atoms with E-state index in [1.54, 1.807) is 0 Å². The molecule has 2 rings (SSSR count). The van der Waals surface area contributed by atoms with Crippen LogP contribution in [0.5, 0.6) is 5.75 Å². The number of amides is 1. The molecule has 0 spiro atoms. The summed E-state index contributed by atoms with van der Waals surface area (Å²) in [4.78, 5) is 18.6. The van der Waals surface area contributed by atoms with Gasteiger partial charge in [-0.05, 0) is 12.1 Å². The highest BCUT2D eigenvalue weighted by atomic mass is 32.2. The largest absolute Gasteiger partial charge is 0.755 e. The van der Waals surface area contributed by atoms with Crippen LogP contribution in [0, 0.1) is 0 Å². The summed E-state index contributed by atoms with van der Waals surface area (Å²) in [5.41, 5.74) is 4.62. The van der Waals surface area contributed by atoms with Crippen molar-refractivity contribution in [3.05, 3.63) is 24.0 Å². The van der Waals surface area contributed by atoms with Crippen LogP contribution in [0.2, 0.25) is 0 Å². The molecule has 0 aliphatic carbocycles. The third-order valence-corrected chi connectivity index (χ3v) is 2.51. The standard InChI is InChI=1S/C9H8N4O4S/c10-8(15)6-7(14)5-4(2-1-3-11-5)9(12-6)13-18(16)17/h1-3,14H,(H2,10,15)(H,12,13)(H,16,17)/p-1. The lowest BCUT2D eigenvalue weighted by molar-refractivity contribution is 0.0993. The molecule has 0 saturated heterocycles. The van der Waals surface area contributed by atoms with Crippen molar-refractivity contribution in [1.29, 1.82) is 0 Å². The van der Waals surface area contributed by atoms with E-state index in [0.29, 0.717) is 0 Å². The Labute approximate surface area is 103 Å². The summed E-state index contributed by atoms with van der Waals surface area (Å²) in [7, 11) is 0. The monoisotopic (exact) mass is 267 g/mol. The Kier molecular flexibility index (Phi) is 3.08. The molecule has 0 aromatic carbocycles. The summed E-state index contributed by atoms with van der Waals surface area (Å²) in [6.07, 6.45) is 1.38. The Balaban J connectivity index is 2.79. The number of fused-ring (bicyclic) bond motifs is 1. The third kappa shape index (κ3) is 2.08. The summed E-state index contributed by atoms with van der Waals surface area (Å²) in [5.74, 6) is -1.60. The van der Waals surface area contributed by atoms with E-state index in [0.717, 1.165) is 0 Å². The topological polar surface area (TPSA) is 141 Å². The minimum Gasteiger partial charge on any atom is -0.755 e. The summed E-state index contributed by atoms with van der Waals surface area (Å²) >= 11 is -2.62. The first-order valence-corrected chi connectivity index (χ1v) is 5.71. The van der Waals surface area contributed by atoms with Gasteiger partial charge in [0.25, 0.3) is 5.91 Å². The van der Waals surface area contributed by atoms with Crippen LogP contribution in [0.15, 0.2) is 18.3 Å². The Bertz CT molecular complexity index is 660. The normalized spacial score (nSPS) is 12.3. The Morgan fingerprint density at radius 3 is 2.89 bits per heavy atom. The Hall–Kier alpha value is -2.26. The minimum atomic E-state index is -2.62. The fourth-order valence-corrected chi connectivity index (χ4v) is 1.76. The molecule has 0 bridgehead atoms. The number of nitrogens with two attached hydrogens (primary N) is 1. The van der Waals surface area contributed by atoms with Gasteiger partial charge in [-0.2, -0.15) is 0 Å². The van der Waals surface area contributed by atoms with Gasteiger partial charge < -0.3 is 15.4 Å². The molecule has 0 radical (unpaired) electrons. The van der Waals surface area contributed by atoms with Gasteiger partial charge in [0.05, 0.1) is 0 Å². The highest BCUT2D eigenvalue weighted by Gasteiger charge is 2.17. The van der Waals surface area contributed by atoms with Gasteiger partial charge in [-0.15, -0.1) is 0 Å². The molecular formula is C9H7N4O4S-. The van der Waals surface area contributed by atoms with Crippen molar-refractivity contribution >= 4 is 33.9 Å². The number of aromatic hydroxyl groups is 1. The van der Waals surface area contributed by atoms with E-state index in [1.165, 1.54) is 18.3 Å². The fraction of sp³-hybridized carbons (Fsp3) is 0. The maximum atomic E-state index is 11.1. The summed E-state index contributed by atoms with van der Waals surface area (Å²) < 4.78 is 23.3. The molecule has 0 saturated carbocycles. The quantitative estimate of drug-likeness (QED) is 0.648. The van der Waals surface area contributed by atoms with Crippen LogP contribution < -0.4 is 10.5 Å². The number of aromatic nitrogens is 2. The van der Waals surface area contributed by atoms with Crippen molar-refractivity contribution in [3.63, 3.8) is 0 Å². The third-order valence-electron chi connectivity index (χ3n) is 2.15. The summed E-state index contributed by atoms with van der Waals surface area (Å²) in [6.45, 7) is 0. The Morgan fingerprint density at radius 1 is 1.56 bits per heavy atom. The van der Waals surface area contributed by atoms with Crippen LogP contribution in [0.1, 0.15) is 10.5 Å². The van der Waals surface area contributed by atoms with Crippen molar-refractivity contribution in [2.45, 2.75) is 0 Å². The maximum absolute atomic E-state index is 11.1. The van der Waals surface area contributed by atoms with E-state index in [9.17, 15) is 18.7 Å². The predicted molar refractivity (Wildman–Crippen MR) is 62.3 cm³/mol. The number of carbonyl (C=O) groups is 1. The second-order valence-corrected chi connectivity index (χ2v) is 3.93. The number of carbonyl (C=O) groups excluding carboxylic acids is 1. The van der Waals surface area contributed by atoms with Gasteiger partial charge in [-0.3, -0.25) is 18.7 Å². The minimum absolute atomic E-state index is 0.0363. The zero-order chi connectivity index (χ0) is 13.3. The molecule has 2 heterocycles. The van der Waals surface area contributed by atoms with Gasteiger partial charge >= 0.3 is 0 Å². The van der Waals surface area contributed by atoms with E-state index < -0.39 is 28.6 Å². The van der Waals surface area contributed by atoms with E-state index in [2.05, 4.69) is 9.97 Å². The number of anilines is 1.